The van der Waals surface area contributed by atoms with Crippen molar-refractivity contribution in [3.63, 3.8) is 0 Å². The molecule has 0 aliphatic heterocycles. The zero-order valence-electron chi connectivity index (χ0n) is 44.7. The Morgan fingerprint density at radius 3 is 0.700 bits per heavy atom. The second-order valence-electron chi connectivity index (χ2n) is 16.4. The first-order chi connectivity index (χ1) is 34.7. The summed E-state index contributed by atoms with van der Waals surface area (Å²) in [6.45, 7) is 23.1. The van der Waals surface area contributed by atoms with Crippen molar-refractivity contribution >= 4 is 5.97 Å². The molecule has 0 aromatic carbocycles. The van der Waals surface area contributed by atoms with E-state index in [4.69, 9.17) is 80.5 Å². The Kier molecular flexibility index (Phi) is 62.9. The van der Waals surface area contributed by atoms with Crippen molar-refractivity contribution in [2.45, 2.75) is 123 Å². The highest BCUT2D eigenvalue weighted by atomic mass is 16.6. The molecule has 0 aromatic heterocycles. The molecule has 420 valence electrons. The molecule has 0 aromatic rings. The number of ether oxygens (including phenoxy) is 17. The molecule has 0 fully saturated rings. The number of carbonyl (C=O) groups is 1. The Morgan fingerprint density at radius 1 is 0.271 bits per heavy atom. The molecule has 70 heavy (non-hydrogen) atoms. The van der Waals surface area contributed by atoms with Gasteiger partial charge in [-0.05, 0) is 33.1 Å². The number of esters is 1. The molecule has 0 heterocycles. The van der Waals surface area contributed by atoms with Crippen LogP contribution in [0.5, 0.6) is 0 Å². The van der Waals surface area contributed by atoms with Crippen molar-refractivity contribution in [2.75, 3.05) is 211 Å². The highest BCUT2D eigenvalue weighted by Crippen LogP contribution is 2.13. The molecular formula is C52H104O18. The molecule has 0 saturated heterocycles. The molecular weight excluding hydrogens is 913 g/mol. The average molecular weight is 1020 g/mol. The minimum Gasteiger partial charge on any atom is -0.466 e. The summed E-state index contributed by atoms with van der Waals surface area (Å²) >= 11 is 0. The monoisotopic (exact) mass is 1020 g/mol. The smallest absolute Gasteiger partial charge is 0.305 e. The molecule has 0 saturated carbocycles. The molecule has 0 rings (SSSR count). The van der Waals surface area contributed by atoms with Crippen molar-refractivity contribution in [1.29, 1.82) is 0 Å². The van der Waals surface area contributed by atoms with E-state index in [-0.39, 0.29) is 12.1 Å². The van der Waals surface area contributed by atoms with E-state index < -0.39 is 0 Å². The summed E-state index contributed by atoms with van der Waals surface area (Å²) in [5.41, 5.74) is 0. The van der Waals surface area contributed by atoms with Gasteiger partial charge in [0.1, 0.15) is 0 Å². The van der Waals surface area contributed by atoms with Crippen LogP contribution in [-0.2, 0) is 85.3 Å². The van der Waals surface area contributed by atoms with Gasteiger partial charge in [-0.25, -0.2) is 0 Å². The van der Waals surface area contributed by atoms with Crippen LogP contribution in [0.15, 0.2) is 0 Å². The number of hydrogen-bond acceptors (Lipinski definition) is 18. The number of rotatable bonds is 64. The first kappa shape index (κ1) is 68.8. The SMILES string of the molecule is CCOC(=O)CCCCCCCCCCCCCCCOCCOCCOCCOCCOCCOCCOCCOCCOCCOCCOCCOCCOCCOCCOCCOC(C)CC. The molecule has 0 spiro atoms. The maximum atomic E-state index is 11.3. The van der Waals surface area contributed by atoms with Crippen LogP contribution in [0.25, 0.3) is 0 Å². The lowest BCUT2D eigenvalue weighted by molar-refractivity contribution is -0.143. The van der Waals surface area contributed by atoms with E-state index in [1.165, 1.54) is 64.2 Å². The number of carbonyl (C=O) groups excluding carboxylic acids is 1. The van der Waals surface area contributed by atoms with Crippen LogP contribution in [0.2, 0.25) is 0 Å². The normalized spacial score (nSPS) is 12.1. The lowest BCUT2D eigenvalue weighted by atomic mass is 10.0. The van der Waals surface area contributed by atoms with Gasteiger partial charge >= 0.3 is 5.97 Å². The highest BCUT2D eigenvalue weighted by Gasteiger charge is 2.02. The van der Waals surface area contributed by atoms with Gasteiger partial charge in [0.05, 0.1) is 211 Å². The Morgan fingerprint density at radius 2 is 0.471 bits per heavy atom. The predicted octanol–water partition coefficient (Wildman–Crippen LogP) is 7.08. The quantitative estimate of drug-likeness (QED) is 0.0446. The summed E-state index contributed by atoms with van der Waals surface area (Å²) in [5.74, 6) is -0.0549. The van der Waals surface area contributed by atoms with Gasteiger partial charge in [0, 0.05) is 13.0 Å². The van der Waals surface area contributed by atoms with E-state index in [1.807, 2.05) is 6.92 Å². The second-order valence-corrected chi connectivity index (χ2v) is 16.4. The summed E-state index contributed by atoms with van der Waals surface area (Å²) in [7, 11) is 0. The molecule has 18 heteroatoms. The first-order valence-electron chi connectivity index (χ1n) is 27.1. The van der Waals surface area contributed by atoms with Crippen molar-refractivity contribution < 1.29 is 85.3 Å². The van der Waals surface area contributed by atoms with E-state index in [9.17, 15) is 4.79 Å². The molecule has 0 aliphatic carbocycles. The summed E-state index contributed by atoms with van der Waals surface area (Å²) in [4.78, 5) is 11.3. The largest absolute Gasteiger partial charge is 0.466 e. The van der Waals surface area contributed by atoms with E-state index in [0.29, 0.717) is 211 Å². The van der Waals surface area contributed by atoms with Gasteiger partial charge in [0.15, 0.2) is 0 Å². The highest BCUT2D eigenvalue weighted by molar-refractivity contribution is 5.69. The summed E-state index contributed by atoms with van der Waals surface area (Å²) in [6, 6.07) is 0. The minimum atomic E-state index is -0.0549. The fourth-order valence-electron chi connectivity index (χ4n) is 6.26. The maximum absolute atomic E-state index is 11.3. The molecule has 1 unspecified atom stereocenters. The molecule has 0 bridgehead atoms. The Hall–Kier alpha value is -1.17. The van der Waals surface area contributed by atoms with Gasteiger partial charge in [-0.2, -0.15) is 0 Å². The zero-order chi connectivity index (χ0) is 50.4. The van der Waals surface area contributed by atoms with Gasteiger partial charge < -0.3 is 80.5 Å². The molecule has 0 amide bonds. The third kappa shape index (κ3) is 62.9. The van der Waals surface area contributed by atoms with E-state index >= 15 is 0 Å². The van der Waals surface area contributed by atoms with Crippen LogP contribution in [0.4, 0.5) is 0 Å². The average Bonchev–Trinajstić information content (AvgIpc) is 3.36. The fraction of sp³-hybridized carbons (Fsp3) is 0.981. The standard InChI is InChI=1S/C52H104O18/c1-4-51(3)70-50-49-68-48-47-67-46-45-66-44-43-65-42-41-64-40-39-63-38-37-62-36-35-61-34-33-60-32-31-59-30-29-58-28-27-57-26-25-56-24-23-55-22-21-54-20-18-16-14-12-10-8-6-7-9-11-13-15-17-19-52(53)69-5-2/h51H,4-50H2,1-3H3. The van der Waals surface area contributed by atoms with Gasteiger partial charge in [-0.3, -0.25) is 4.79 Å². The van der Waals surface area contributed by atoms with Crippen molar-refractivity contribution in [3.05, 3.63) is 0 Å². The fourth-order valence-corrected chi connectivity index (χ4v) is 6.26. The molecule has 0 radical (unpaired) electrons. The Bertz CT molecular complexity index is 957. The lowest BCUT2D eigenvalue weighted by Crippen LogP contribution is -2.16. The topological polar surface area (TPSA) is 174 Å². The van der Waals surface area contributed by atoms with E-state index in [1.54, 1.807) is 0 Å². The molecule has 18 nitrogen and oxygen atoms in total. The van der Waals surface area contributed by atoms with Crippen LogP contribution < -0.4 is 0 Å². The van der Waals surface area contributed by atoms with Crippen LogP contribution in [0, 0.1) is 0 Å². The number of hydrogen-bond donors (Lipinski definition) is 0. The molecule has 0 aliphatic rings. The van der Waals surface area contributed by atoms with Crippen LogP contribution in [-0.4, -0.2) is 223 Å². The maximum Gasteiger partial charge on any atom is 0.305 e. The van der Waals surface area contributed by atoms with Gasteiger partial charge in [-0.15, -0.1) is 0 Å². The van der Waals surface area contributed by atoms with E-state index in [2.05, 4.69) is 13.8 Å². The van der Waals surface area contributed by atoms with Gasteiger partial charge in [0.25, 0.3) is 0 Å². The molecule has 1 atom stereocenters. The first-order valence-corrected chi connectivity index (χ1v) is 27.1. The summed E-state index contributed by atoms with van der Waals surface area (Å²) in [5, 5.41) is 0. The van der Waals surface area contributed by atoms with Gasteiger partial charge in [-0.1, -0.05) is 77.6 Å². The molecule has 0 N–H and O–H groups in total. The second kappa shape index (κ2) is 63.9. The Balaban J connectivity index is 3.08. The summed E-state index contributed by atoms with van der Waals surface area (Å²) in [6.07, 6.45) is 18.1. The minimum absolute atomic E-state index is 0.0549. The zero-order valence-corrected chi connectivity index (χ0v) is 44.7. The van der Waals surface area contributed by atoms with Gasteiger partial charge in [0.2, 0.25) is 0 Å². The third-order valence-corrected chi connectivity index (χ3v) is 10.4. The van der Waals surface area contributed by atoms with Crippen molar-refractivity contribution in [1.82, 2.24) is 0 Å². The van der Waals surface area contributed by atoms with Crippen molar-refractivity contribution in [2.24, 2.45) is 0 Å². The lowest BCUT2D eigenvalue weighted by Gasteiger charge is -2.11. The summed E-state index contributed by atoms with van der Waals surface area (Å²) < 4.78 is 93.5. The Labute approximate surface area is 424 Å². The van der Waals surface area contributed by atoms with Crippen molar-refractivity contribution in [3.8, 4) is 0 Å². The third-order valence-electron chi connectivity index (χ3n) is 10.4. The number of unbranched alkanes of at least 4 members (excludes halogenated alkanes) is 12. The van der Waals surface area contributed by atoms with E-state index in [0.717, 1.165) is 32.3 Å². The van der Waals surface area contributed by atoms with Crippen LogP contribution in [0.1, 0.15) is 117 Å². The van der Waals surface area contributed by atoms with Crippen LogP contribution >= 0.6 is 0 Å². The van der Waals surface area contributed by atoms with Crippen LogP contribution in [0.3, 0.4) is 0 Å². The predicted molar refractivity (Wildman–Crippen MR) is 269 cm³/mol.